The molecule has 8 nitrogen and oxygen atoms in total. The molecule has 4 N–H and O–H groups in total. The molecule has 0 radical (unpaired) electrons. The van der Waals surface area contributed by atoms with Gasteiger partial charge in [0.2, 0.25) is 11.8 Å². The van der Waals surface area contributed by atoms with Crippen LogP contribution in [0.3, 0.4) is 0 Å². The number of hydrogen-bond donors (Lipinski definition) is 4. The van der Waals surface area contributed by atoms with E-state index in [4.69, 9.17) is 0 Å². The van der Waals surface area contributed by atoms with Gasteiger partial charge in [-0.15, -0.1) is 0 Å². The van der Waals surface area contributed by atoms with Crippen LogP contribution >= 0.6 is 0 Å². The van der Waals surface area contributed by atoms with E-state index < -0.39 is 24.5 Å². The van der Waals surface area contributed by atoms with Gasteiger partial charge in [-0.1, -0.05) is 44.5 Å². The second-order valence-electron chi connectivity index (χ2n) is 10.6. The van der Waals surface area contributed by atoms with Gasteiger partial charge in [-0.05, 0) is 69.2 Å². The molecule has 0 aliphatic carbocycles. The average Bonchev–Trinajstić information content (AvgIpc) is 2.88. The number of carbonyl (C=O) groups excluding carboxylic acids is 4. The van der Waals surface area contributed by atoms with Crippen molar-refractivity contribution in [2.45, 2.75) is 77.7 Å². The molecule has 0 saturated heterocycles. The molecule has 2 aliphatic rings. The van der Waals surface area contributed by atoms with Crippen molar-refractivity contribution in [1.29, 1.82) is 0 Å². The summed E-state index contributed by atoms with van der Waals surface area (Å²) in [5.74, 6) is -2.09. The largest absolute Gasteiger partial charge is 0.389 e. The number of fused-ring (bicyclic) bond motifs is 11. The molecule has 0 saturated carbocycles. The number of carbonyl (C=O) groups is 4. The first kappa shape index (κ1) is 30.6. The van der Waals surface area contributed by atoms with Crippen LogP contribution in [0.5, 0.6) is 0 Å². The number of aliphatic hydroxyl groups is 1. The molecule has 2 bridgehead atoms. The Morgan fingerprint density at radius 3 is 2.38 bits per heavy atom. The fourth-order valence-electron chi connectivity index (χ4n) is 4.95. The summed E-state index contributed by atoms with van der Waals surface area (Å²) >= 11 is 0. The maximum absolute atomic E-state index is 13.6. The Kier molecular flexibility index (Phi) is 13.5. The van der Waals surface area contributed by atoms with E-state index in [1.165, 1.54) is 5.56 Å². The highest BCUT2D eigenvalue weighted by molar-refractivity contribution is 5.94. The summed E-state index contributed by atoms with van der Waals surface area (Å²) < 4.78 is 0. The van der Waals surface area contributed by atoms with E-state index in [1.807, 2.05) is 45.2 Å². The molecule has 0 aromatic heterocycles. The fourth-order valence-corrected chi connectivity index (χ4v) is 4.95. The topological polar surface area (TPSA) is 125 Å². The fraction of sp³-hybridized carbons (Fsp3) is 0.655. The first-order chi connectivity index (χ1) is 17.7. The van der Waals surface area contributed by atoms with Crippen LogP contribution < -0.4 is 16.0 Å². The minimum atomic E-state index is -0.794. The predicted octanol–water partition coefficient (Wildman–Crippen LogP) is 2.36. The van der Waals surface area contributed by atoms with Crippen molar-refractivity contribution in [3.8, 4) is 0 Å². The minimum Gasteiger partial charge on any atom is -0.389 e. The van der Waals surface area contributed by atoms with Crippen LogP contribution in [0.4, 0.5) is 0 Å². The van der Waals surface area contributed by atoms with E-state index in [0.717, 1.165) is 37.8 Å². The molecule has 8 heteroatoms. The molecule has 37 heavy (non-hydrogen) atoms. The lowest BCUT2D eigenvalue weighted by Gasteiger charge is -2.29. The first-order valence-corrected chi connectivity index (χ1v) is 13.7. The monoisotopic (exact) mass is 515 g/mol. The van der Waals surface area contributed by atoms with Crippen LogP contribution in [0.2, 0.25) is 0 Å². The number of nitrogens with one attached hydrogen (secondary N) is 3. The minimum absolute atomic E-state index is 0.0226. The third kappa shape index (κ3) is 10.7. The molecule has 2 heterocycles. The zero-order valence-electron chi connectivity index (χ0n) is 22.7. The van der Waals surface area contributed by atoms with Crippen LogP contribution in [0.25, 0.3) is 0 Å². The van der Waals surface area contributed by atoms with Crippen molar-refractivity contribution in [3.63, 3.8) is 0 Å². The summed E-state index contributed by atoms with van der Waals surface area (Å²) in [6.45, 7) is 4.73. The number of ketones is 2. The van der Waals surface area contributed by atoms with E-state index in [0.29, 0.717) is 25.8 Å². The number of benzene rings is 1. The van der Waals surface area contributed by atoms with E-state index in [9.17, 15) is 24.3 Å². The van der Waals surface area contributed by atoms with Gasteiger partial charge in [0.25, 0.3) is 0 Å². The standard InChI is InChI=1S/C29H45N3O5/c1-20(2)17-24-23(27(35)19-33)8-5-4-7-21-9-11-22(12-10-21)18-25(32-29(24)37)26(34)13-14-28(36)31-16-6-15-30-3/h9-12,20,23-25,30,33H,4-8,13-19H2,1-3H3,(H,31,36)(H,32,37)/t23-,24+,25?/m0/s1. The molecule has 0 spiro atoms. The zero-order chi connectivity index (χ0) is 27.2. The van der Waals surface area contributed by atoms with Crippen molar-refractivity contribution in [2.75, 3.05) is 26.7 Å². The number of hydrogen-bond acceptors (Lipinski definition) is 6. The smallest absolute Gasteiger partial charge is 0.224 e. The summed E-state index contributed by atoms with van der Waals surface area (Å²) in [5, 5.41) is 18.4. The maximum Gasteiger partial charge on any atom is 0.224 e. The average molecular weight is 516 g/mol. The van der Waals surface area contributed by atoms with Crippen LogP contribution in [-0.4, -0.2) is 61.3 Å². The van der Waals surface area contributed by atoms with Gasteiger partial charge in [0.1, 0.15) is 6.61 Å². The Morgan fingerprint density at radius 2 is 1.73 bits per heavy atom. The Hall–Kier alpha value is -2.58. The molecule has 1 aromatic carbocycles. The van der Waals surface area contributed by atoms with Crippen molar-refractivity contribution in [1.82, 2.24) is 16.0 Å². The molecule has 0 fully saturated rings. The molecule has 206 valence electrons. The molecule has 1 unspecified atom stereocenters. The van der Waals surface area contributed by atoms with Gasteiger partial charge in [-0.25, -0.2) is 0 Å². The van der Waals surface area contributed by atoms with Gasteiger partial charge < -0.3 is 21.1 Å². The van der Waals surface area contributed by atoms with E-state index in [2.05, 4.69) is 16.0 Å². The normalized spacial score (nSPS) is 20.8. The summed E-state index contributed by atoms with van der Waals surface area (Å²) in [5.41, 5.74) is 2.12. The summed E-state index contributed by atoms with van der Waals surface area (Å²) in [6.07, 6.45) is 4.75. The van der Waals surface area contributed by atoms with Crippen molar-refractivity contribution in [2.24, 2.45) is 17.8 Å². The quantitative estimate of drug-likeness (QED) is 0.317. The first-order valence-electron chi connectivity index (χ1n) is 13.7. The third-order valence-corrected chi connectivity index (χ3v) is 7.04. The summed E-state index contributed by atoms with van der Waals surface area (Å²) in [7, 11) is 1.85. The van der Waals surface area contributed by atoms with Crippen LogP contribution in [0.1, 0.15) is 69.9 Å². The zero-order valence-corrected chi connectivity index (χ0v) is 22.7. The van der Waals surface area contributed by atoms with Crippen molar-refractivity contribution >= 4 is 23.4 Å². The van der Waals surface area contributed by atoms with Crippen molar-refractivity contribution in [3.05, 3.63) is 35.4 Å². The summed E-state index contributed by atoms with van der Waals surface area (Å²) in [4.78, 5) is 51.8. The van der Waals surface area contributed by atoms with E-state index >= 15 is 0 Å². The molecular formula is C29H45N3O5. The Labute approximate surface area is 221 Å². The number of aryl methyl sites for hydroxylation is 1. The van der Waals surface area contributed by atoms with Crippen LogP contribution in [-0.2, 0) is 32.0 Å². The van der Waals surface area contributed by atoms with Gasteiger partial charge >= 0.3 is 0 Å². The van der Waals surface area contributed by atoms with Crippen molar-refractivity contribution < 1.29 is 24.3 Å². The number of aliphatic hydroxyl groups excluding tert-OH is 1. The highest BCUT2D eigenvalue weighted by Gasteiger charge is 2.35. The lowest BCUT2D eigenvalue weighted by atomic mass is 9.78. The van der Waals surface area contributed by atoms with Gasteiger partial charge in [-0.3, -0.25) is 19.2 Å². The van der Waals surface area contributed by atoms with Gasteiger partial charge in [0, 0.05) is 31.2 Å². The van der Waals surface area contributed by atoms with E-state index in [1.54, 1.807) is 0 Å². The summed E-state index contributed by atoms with van der Waals surface area (Å²) in [6, 6.07) is 7.28. The predicted molar refractivity (Wildman–Crippen MR) is 144 cm³/mol. The molecule has 1 aromatic rings. The van der Waals surface area contributed by atoms with E-state index in [-0.39, 0.29) is 42.1 Å². The van der Waals surface area contributed by atoms with Gasteiger partial charge in [0.05, 0.1) is 6.04 Å². The maximum atomic E-state index is 13.6. The highest BCUT2D eigenvalue weighted by atomic mass is 16.3. The Morgan fingerprint density at radius 1 is 1.03 bits per heavy atom. The molecule has 3 atom stereocenters. The molecule has 2 amide bonds. The number of Topliss-reactive ketones (excluding diaryl/α,β-unsaturated/α-hetero) is 2. The SMILES string of the molecule is CNCCCNC(=O)CCC(=O)C1Cc2ccc(cc2)CCCC[C@H](C(=O)CO)[C@@H](CC(C)C)C(=O)N1. The lowest BCUT2D eigenvalue weighted by Crippen LogP contribution is -2.48. The number of rotatable bonds is 12. The third-order valence-electron chi connectivity index (χ3n) is 7.04. The second-order valence-corrected chi connectivity index (χ2v) is 10.6. The van der Waals surface area contributed by atoms with Crippen LogP contribution in [0.15, 0.2) is 24.3 Å². The number of amides is 2. The lowest BCUT2D eigenvalue weighted by molar-refractivity contribution is -0.137. The molecule has 2 aliphatic heterocycles. The second kappa shape index (κ2) is 16.3. The van der Waals surface area contributed by atoms with Gasteiger partial charge in [-0.2, -0.15) is 0 Å². The molecular weight excluding hydrogens is 470 g/mol. The Balaban J connectivity index is 2.24. The van der Waals surface area contributed by atoms with Gasteiger partial charge in [0.15, 0.2) is 11.6 Å². The van der Waals surface area contributed by atoms with Crippen LogP contribution in [0, 0.1) is 17.8 Å². The highest BCUT2D eigenvalue weighted by Crippen LogP contribution is 2.28. The Bertz CT molecular complexity index is 884. The molecule has 3 rings (SSSR count).